The van der Waals surface area contributed by atoms with Crippen molar-refractivity contribution in [1.82, 2.24) is 10.3 Å². The SMILES string of the molecule is CCCCNC(=O)Cc1nc(CCl)cs1. The second kappa shape index (κ2) is 6.80. The van der Waals surface area contributed by atoms with Gasteiger partial charge in [-0.1, -0.05) is 13.3 Å². The lowest BCUT2D eigenvalue weighted by Crippen LogP contribution is -2.25. The molecule has 0 aliphatic rings. The largest absolute Gasteiger partial charge is 0.356 e. The summed E-state index contributed by atoms with van der Waals surface area (Å²) in [4.78, 5) is 15.6. The van der Waals surface area contributed by atoms with E-state index in [0.717, 1.165) is 30.1 Å². The minimum absolute atomic E-state index is 0.0407. The molecule has 84 valence electrons. The molecule has 1 aromatic rings. The van der Waals surface area contributed by atoms with Crippen LogP contribution in [0.15, 0.2) is 5.38 Å². The molecule has 1 amide bonds. The number of nitrogens with one attached hydrogen (secondary N) is 1. The number of carbonyl (C=O) groups is 1. The van der Waals surface area contributed by atoms with E-state index in [4.69, 9.17) is 11.6 Å². The number of unbranched alkanes of at least 4 members (excludes halogenated alkanes) is 1. The minimum atomic E-state index is 0.0407. The Labute approximate surface area is 98.9 Å². The van der Waals surface area contributed by atoms with Gasteiger partial charge in [0.1, 0.15) is 5.01 Å². The highest BCUT2D eigenvalue weighted by atomic mass is 35.5. The van der Waals surface area contributed by atoms with Crippen molar-refractivity contribution in [2.24, 2.45) is 0 Å². The van der Waals surface area contributed by atoms with Gasteiger partial charge >= 0.3 is 0 Å². The lowest BCUT2D eigenvalue weighted by atomic mass is 10.3. The van der Waals surface area contributed by atoms with Crippen LogP contribution in [-0.2, 0) is 17.1 Å². The Hall–Kier alpha value is -0.610. The van der Waals surface area contributed by atoms with Crippen LogP contribution in [-0.4, -0.2) is 17.4 Å². The molecule has 0 spiro atoms. The van der Waals surface area contributed by atoms with Crippen LogP contribution < -0.4 is 5.32 Å². The lowest BCUT2D eigenvalue weighted by Gasteiger charge is -2.01. The molecule has 0 fully saturated rings. The van der Waals surface area contributed by atoms with Crippen LogP contribution >= 0.6 is 22.9 Å². The summed E-state index contributed by atoms with van der Waals surface area (Å²) in [5.41, 5.74) is 0.845. The third-order valence-corrected chi connectivity index (χ3v) is 3.07. The second-order valence-electron chi connectivity index (χ2n) is 3.25. The zero-order chi connectivity index (χ0) is 11.1. The standard InChI is InChI=1S/C10H15ClN2OS/c1-2-3-4-12-9(14)5-10-13-8(6-11)7-15-10/h7H,2-6H2,1H3,(H,12,14). The van der Waals surface area contributed by atoms with Gasteiger partial charge in [0.2, 0.25) is 5.91 Å². The molecule has 1 N–H and O–H groups in total. The summed E-state index contributed by atoms with van der Waals surface area (Å²) < 4.78 is 0. The summed E-state index contributed by atoms with van der Waals surface area (Å²) >= 11 is 7.11. The van der Waals surface area contributed by atoms with Crippen LogP contribution in [0.25, 0.3) is 0 Å². The number of hydrogen-bond acceptors (Lipinski definition) is 3. The van der Waals surface area contributed by atoms with Gasteiger partial charge in [-0.25, -0.2) is 4.98 Å². The molecule has 5 heteroatoms. The van der Waals surface area contributed by atoms with Crippen molar-refractivity contribution in [2.75, 3.05) is 6.54 Å². The molecule has 1 heterocycles. The number of carbonyl (C=O) groups excluding carboxylic acids is 1. The molecule has 1 rings (SSSR count). The first kappa shape index (κ1) is 12.5. The van der Waals surface area contributed by atoms with Gasteiger partial charge in [-0.2, -0.15) is 0 Å². The summed E-state index contributed by atoms with van der Waals surface area (Å²) in [6, 6.07) is 0. The lowest BCUT2D eigenvalue weighted by molar-refractivity contribution is -0.120. The fourth-order valence-corrected chi connectivity index (χ4v) is 2.12. The third kappa shape index (κ3) is 4.62. The quantitative estimate of drug-likeness (QED) is 0.619. The van der Waals surface area contributed by atoms with Gasteiger partial charge in [0, 0.05) is 11.9 Å². The molecular formula is C10H15ClN2OS. The van der Waals surface area contributed by atoms with Crippen molar-refractivity contribution < 1.29 is 4.79 Å². The van der Waals surface area contributed by atoms with Crippen LogP contribution in [0.5, 0.6) is 0 Å². The molecule has 0 aromatic carbocycles. The Morgan fingerprint density at radius 1 is 1.67 bits per heavy atom. The molecule has 0 atom stereocenters. The predicted octanol–water partition coefficient (Wildman–Crippen LogP) is 2.34. The molecule has 1 aromatic heterocycles. The van der Waals surface area contributed by atoms with Crippen LogP contribution in [0, 0.1) is 0 Å². The van der Waals surface area contributed by atoms with E-state index in [0.29, 0.717) is 12.3 Å². The first-order chi connectivity index (χ1) is 7.26. The average Bonchev–Trinajstić information content (AvgIpc) is 2.66. The summed E-state index contributed by atoms with van der Waals surface area (Å²) in [6.45, 7) is 2.85. The summed E-state index contributed by atoms with van der Waals surface area (Å²) in [5.74, 6) is 0.451. The molecule has 0 unspecified atom stereocenters. The first-order valence-electron chi connectivity index (χ1n) is 5.02. The number of halogens is 1. The van der Waals surface area contributed by atoms with Gasteiger partial charge in [-0.3, -0.25) is 4.79 Å². The molecule has 15 heavy (non-hydrogen) atoms. The van der Waals surface area contributed by atoms with Gasteiger partial charge in [0.25, 0.3) is 0 Å². The Kier molecular flexibility index (Phi) is 5.65. The smallest absolute Gasteiger partial charge is 0.226 e. The van der Waals surface area contributed by atoms with E-state index in [-0.39, 0.29) is 5.91 Å². The van der Waals surface area contributed by atoms with E-state index < -0.39 is 0 Å². The van der Waals surface area contributed by atoms with Crippen LogP contribution in [0.1, 0.15) is 30.5 Å². The number of hydrogen-bond donors (Lipinski definition) is 1. The van der Waals surface area contributed by atoms with E-state index in [1.54, 1.807) is 0 Å². The van der Waals surface area contributed by atoms with Crippen LogP contribution in [0.3, 0.4) is 0 Å². The van der Waals surface area contributed by atoms with Crippen molar-refractivity contribution in [2.45, 2.75) is 32.1 Å². The number of nitrogens with zero attached hydrogens (tertiary/aromatic N) is 1. The van der Waals surface area contributed by atoms with Crippen molar-refractivity contribution in [3.63, 3.8) is 0 Å². The predicted molar refractivity (Wildman–Crippen MR) is 63.3 cm³/mol. The maximum absolute atomic E-state index is 11.4. The van der Waals surface area contributed by atoms with Gasteiger partial charge in [-0.05, 0) is 6.42 Å². The van der Waals surface area contributed by atoms with Crippen molar-refractivity contribution in [3.05, 3.63) is 16.1 Å². The van der Waals surface area contributed by atoms with Crippen LogP contribution in [0.2, 0.25) is 0 Å². The topological polar surface area (TPSA) is 42.0 Å². The molecule has 0 saturated heterocycles. The molecule has 0 aliphatic heterocycles. The van der Waals surface area contributed by atoms with Crippen molar-refractivity contribution in [1.29, 1.82) is 0 Å². The molecule has 0 radical (unpaired) electrons. The van der Waals surface area contributed by atoms with Gasteiger partial charge < -0.3 is 5.32 Å². The van der Waals surface area contributed by atoms with E-state index >= 15 is 0 Å². The third-order valence-electron chi connectivity index (χ3n) is 1.90. The normalized spacial score (nSPS) is 10.3. The zero-order valence-corrected chi connectivity index (χ0v) is 10.3. The fraction of sp³-hybridized carbons (Fsp3) is 0.600. The van der Waals surface area contributed by atoms with Crippen LogP contribution in [0.4, 0.5) is 0 Å². The average molecular weight is 247 g/mol. The van der Waals surface area contributed by atoms with E-state index in [9.17, 15) is 4.79 Å². The summed E-state index contributed by atoms with van der Waals surface area (Å²) in [5, 5.41) is 5.58. The molecule has 0 aliphatic carbocycles. The highest BCUT2D eigenvalue weighted by Crippen LogP contribution is 2.11. The highest BCUT2D eigenvalue weighted by molar-refractivity contribution is 7.09. The fourth-order valence-electron chi connectivity index (χ4n) is 1.10. The Balaban J connectivity index is 2.31. The Morgan fingerprint density at radius 2 is 2.47 bits per heavy atom. The highest BCUT2D eigenvalue weighted by Gasteiger charge is 2.06. The van der Waals surface area contributed by atoms with E-state index in [1.165, 1.54) is 11.3 Å². The monoisotopic (exact) mass is 246 g/mol. The van der Waals surface area contributed by atoms with Crippen molar-refractivity contribution in [3.8, 4) is 0 Å². The molecular weight excluding hydrogens is 232 g/mol. The van der Waals surface area contributed by atoms with Gasteiger partial charge in [-0.15, -0.1) is 22.9 Å². The van der Waals surface area contributed by atoms with Gasteiger partial charge in [0.15, 0.2) is 0 Å². The molecule has 0 saturated carbocycles. The number of alkyl halides is 1. The Bertz CT molecular complexity index is 314. The number of amides is 1. The maximum atomic E-state index is 11.4. The number of thiazole rings is 1. The molecule has 3 nitrogen and oxygen atoms in total. The zero-order valence-electron chi connectivity index (χ0n) is 8.75. The second-order valence-corrected chi connectivity index (χ2v) is 4.46. The van der Waals surface area contributed by atoms with E-state index in [2.05, 4.69) is 17.2 Å². The van der Waals surface area contributed by atoms with Crippen molar-refractivity contribution >= 4 is 28.8 Å². The minimum Gasteiger partial charge on any atom is -0.356 e. The summed E-state index contributed by atoms with van der Waals surface area (Å²) in [7, 11) is 0. The number of rotatable bonds is 6. The Morgan fingerprint density at radius 3 is 3.07 bits per heavy atom. The maximum Gasteiger partial charge on any atom is 0.226 e. The van der Waals surface area contributed by atoms with E-state index in [1.807, 2.05) is 5.38 Å². The molecule has 0 bridgehead atoms. The van der Waals surface area contributed by atoms with Gasteiger partial charge in [0.05, 0.1) is 18.0 Å². The summed E-state index contributed by atoms with van der Waals surface area (Å²) in [6.07, 6.45) is 2.48. The number of aromatic nitrogens is 1. The first-order valence-corrected chi connectivity index (χ1v) is 6.43.